The Bertz CT molecular complexity index is 554. The zero-order valence-electron chi connectivity index (χ0n) is 10.4. The first kappa shape index (κ1) is 13.0. The van der Waals surface area contributed by atoms with E-state index in [9.17, 15) is 0 Å². The van der Waals surface area contributed by atoms with Crippen molar-refractivity contribution in [3.63, 3.8) is 0 Å². The van der Waals surface area contributed by atoms with Crippen molar-refractivity contribution in [3.05, 3.63) is 28.3 Å². The standard InChI is InChI=1S/C13H15BrN4S/c14-11-3-12(19-8-11)10-5-16-13(17-6-10)18-2-1-9(4-15)7-18/h3,5-6,8-9H,1-2,4,7,15H2. The molecule has 1 aliphatic rings. The summed E-state index contributed by atoms with van der Waals surface area (Å²) >= 11 is 5.15. The van der Waals surface area contributed by atoms with Crippen LogP contribution >= 0.6 is 27.3 Å². The highest BCUT2D eigenvalue weighted by Crippen LogP contribution is 2.29. The summed E-state index contributed by atoms with van der Waals surface area (Å²) in [7, 11) is 0. The number of halogens is 1. The van der Waals surface area contributed by atoms with Crippen molar-refractivity contribution in [2.24, 2.45) is 11.7 Å². The van der Waals surface area contributed by atoms with Gasteiger partial charge in [-0.2, -0.15) is 0 Å². The fourth-order valence-electron chi connectivity index (χ4n) is 2.28. The molecule has 6 heteroatoms. The Kier molecular flexibility index (Phi) is 3.81. The van der Waals surface area contributed by atoms with Crippen molar-refractivity contribution in [1.82, 2.24) is 9.97 Å². The minimum Gasteiger partial charge on any atom is -0.340 e. The van der Waals surface area contributed by atoms with Crippen LogP contribution in [0.2, 0.25) is 0 Å². The van der Waals surface area contributed by atoms with Crippen LogP contribution in [0.25, 0.3) is 10.4 Å². The lowest BCUT2D eigenvalue weighted by molar-refractivity contribution is 0.602. The lowest BCUT2D eigenvalue weighted by Crippen LogP contribution is -2.24. The van der Waals surface area contributed by atoms with E-state index in [4.69, 9.17) is 5.73 Å². The third kappa shape index (κ3) is 2.80. The maximum absolute atomic E-state index is 5.71. The minimum absolute atomic E-state index is 0.580. The molecule has 1 atom stereocenters. The summed E-state index contributed by atoms with van der Waals surface area (Å²) < 4.78 is 1.10. The third-order valence-electron chi connectivity index (χ3n) is 3.39. The first-order valence-corrected chi connectivity index (χ1v) is 7.95. The van der Waals surface area contributed by atoms with Gasteiger partial charge >= 0.3 is 0 Å². The van der Waals surface area contributed by atoms with Gasteiger partial charge in [0.25, 0.3) is 0 Å². The average Bonchev–Trinajstić information content (AvgIpc) is 3.07. The predicted octanol–water partition coefficient (Wildman–Crippen LogP) is 2.75. The van der Waals surface area contributed by atoms with Crippen molar-refractivity contribution in [2.45, 2.75) is 6.42 Å². The van der Waals surface area contributed by atoms with Crippen LogP contribution in [-0.4, -0.2) is 29.6 Å². The zero-order chi connectivity index (χ0) is 13.2. The quantitative estimate of drug-likeness (QED) is 0.934. The molecule has 2 aromatic heterocycles. The number of hydrogen-bond donors (Lipinski definition) is 1. The van der Waals surface area contributed by atoms with Crippen LogP contribution in [0.15, 0.2) is 28.3 Å². The molecule has 2 N–H and O–H groups in total. The monoisotopic (exact) mass is 338 g/mol. The SMILES string of the molecule is NCC1CCN(c2ncc(-c3cc(Br)cs3)cn2)C1. The van der Waals surface area contributed by atoms with Gasteiger partial charge in [-0.15, -0.1) is 11.3 Å². The molecule has 1 saturated heterocycles. The molecule has 0 bridgehead atoms. The number of nitrogens with two attached hydrogens (primary N) is 1. The van der Waals surface area contributed by atoms with Crippen LogP contribution in [0.4, 0.5) is 5.95 Å². The van der Waals surface area contributed by atoms with Gasteiger partial charge in [-0.25, -0.2) is 9.97 Å². The van der Waals surface area contributed by atoms with E-state index in [2.05, 4.69) is 42.2 Å². The van der Waals surface area contributed by atoms with Gasteiger partial charge in [-0.1, -0.05) is 0 Å². The second-order valence-corrected chi connectivity index (χ2v) is 6.56. The van der Waals surface area contributed by atoms with Gasteiger partial charge in [0.05, 0.1) is 0 Å². The molecule has 0 aliphatic carbocycles. The molecule has 0 spiro atoms. The topological polar surface area (TPSA) is 55.0 Å². The highest BCUT2D eigenvalue weighted by atomic mass is 79.9. The highest BCUT2D eigenvalue weighted by Gasteiger charge is 2.23. The summed E-state index contributed by atoms with van der Waals surface area (Å²) in [6, 6.07) is 2.09. The highest BCUT2D eigenvalue weighted by molar-refractivity contribution is 9.10. The summed E-state index contributed by atoms with van der Waals surface area (Å²) in [6.45, 7) is 2.73. The van der Waals surface area contributed by atoms with Gasteiger partial charge in [0.15, 0.2) is 0 Å². The largest absolute Gasteiger partial charge is 0.340 e. The Morgan fingerprint density at radius 2 is 2.21 bits per heavy atom. The van der Waals surface area contributed by atoms with Crippen molar-refractivity contribution >= 4 is 33.2 Å². The Labute approximate surface area is 124 Å². The number of rotatable bonds is 3. The number of aromatic nitrogens is 2. The molecule has 0 aromatic carbocycles. The first-order valence-electron chi connectivity index (χ1n) is 6.27. The van der Waals surface area contributed by atoms with Crippen molar-refractivity contribution in [2.75, 3.05) is 24.5 Å². The number of nitrogens with zero attached hydrogens (tertiary/aromatic N) is 3. The molecule has 0 amide bonds. The molecule has 1 fully saturated rings. The van der Waals surface area contributed by atoms with E-state index in [0.29, 0.717) is 5.92 Å². The fourth-order valence-corrected chi connectivity index (χ4v) is 3.69. The average molecular weight is 339 g/mol. The van der Waals surface area contributed by atoms with Crippen LogP contribution in [0.1, 0.15) is 6.42 Å². The lowest BCUT2D eigenvalue weighted by atomic mass is 10.1. The van der Waals surface area contributed by atoms with Gasteiger partial charge in [0.2, 0.25) is 5.95 Å². The second kappa shape index (κ2) is 5.56. The summed E-state index contributed by atoms with van der Waals surface area (Å²) in [6.07, 6.45) is 4.94. The molecule has 3 rings (SSSR count). The molecule has 0 radical (unpaired) electrons. The maximum atomic E-state index is 5.71. The predicted molar refractivity (Wildman–Crippen MR) is 82.4 cm³/mol. The second-order valence-electron chi connectivity index (χ2n) is 4.74. The van der Waals surface area contributed by atoms with E-state index in [1.165, 1.54) is 4.88 Å². The normalized spacial score (nSPS) is 19.1. The number of anilines is 1. The summed E-state index contributed by atoms with van der Waals surface area (Å²) in [5.74, 6) is 1.40. The van der Waals surface area contributed by atoms with E-state index in [1.54, 1.807) is 11.3 Å². The minimum atomic E-state index is 0.580. The van der Waals surface area contributed by atoms with Crippen molar-refractivity contribution < 1.29 is 0 Å². The number of thiophene rings is 1. The Balaban J connectivity index is 1.76. The van der Waals surface area contributed by atoms with Crippen molar-refractivity contribution in [1.29, 1.82) is 0 Å². The molecule has 1 unspecified atom stereocenters. The van der Waals surface area contributed by atoms with E-state index >= 15 is 0 Å². The summed E-state index contributed by atoms with van der Waals surface area (Å²) in [5, 5.41) is 2.07. The third-order valence-corrected chi connectivity index (χ3v) is 5.13. The van der Waals surface area contributed by atoms with Crippen LogP contribution < -0.4 is 10.6 Å². The van der Waals surface area contributed by atoms with Crippen LogP contribution in [0, 0.1) is 5.92 Å². The van der Waals surface area contributed by atoms with Gasteiger partial charge in [-0.3, -0.25) is 0 Å². The fraction of sp³-hybridized carbons (Fsp3) is 0.385. The molecule has 3 heterocycles. The Morgan fingerprint density at radius 3 is 2.79 bits per heavy atom. The molecule has 4 nitrogen and oxygen atoms in total. The van der Waals surface area contributed by atoms with E-state index in [-0.39, 0.29) is 0 Å². The lowest BCUT2D eigenvalue weighted by Gasteiger charge is -2.15. The maximum Gasteiger partial charge on any atom is 0.225 e. The molecule has 100 valence electrons. The van der Waals surface area contributed by atoms with Crippen LogP contribution in [-0.2, 0) is 0 Å². The van der Waals surface area contributed by atoms with Crippen molar-refractivity contribution in [3.8, 4) is 10.4 Å². The zero-order valence-corrected chi connectivity index (χ0v) is 12.8. The summed E-state index contributed by atoms with van der Waals surface area (Å²) in [5.41, 5.74) is 6.77. The molecular formula is C13H15BrN4S. The molecular weight excluding hydrogens is 324 g/mol. The smallest absolute Gasteiger partial charge is 0.225 e. The number of hydrogen-bond acceptors (Lipinski definition) is 5. The van der Waals surface area contributed by atoms with E-state index < -0.39 is 0 Å². The summed E-state index contributed by atoms with van der Waals surface area (Å²) in [4.78, 5) is 12.4. The van der Waals surface area contributed by atoms with Gasteiger partial charge < -0.3 is 10.6 Å². The van der Waals surface area contributed by atoms with Gasteiger partial charge in [0.1, 0.15) is 0 Å². The Hall–Kier alpha value is -0.980. The molecule has 1 aliphatic heterocycles. The van der Waals surface area contributed by atoms with E-state index in [1.807, 2.05) is 12.4 Å². The molecule has 19 heavy (non-hydrogen) atoms. The first-order chi connectivity index (χ1) is 9.26. The van der Waals surface area contributed by atoms with E-state index in [0.717, 1.165) is 42.0 Å². The molecule has 2 aromatic rings. The molecule has 0 saturated carbocycles. The van der Waals surface area contributed by atoms with Gasteiger partial charge in [0, 0.05) is 45.8 Å². The van der Waals surface area contributed by atoms with Gasteiger partial charge in [-0.05, 0) is 40.9 Å². The van der Waals surface area contributed by atoms with Crippen LogP contribution in [0.3, 0.4) is 0 Å². The van der Waals surface area contributed by atoms with Crippen LogP contribution in [0.5, 0.6) is 0 Å². The Morgan fingerprint density at radius 1 is 1.42 bits per heavy atom.